The number of ether oxygens (including phenoxy) is 3. The number of aliphatic hydroxyl groups excluding tert-OH is 2. The monoisotopic (exact) mass is 665 g/mol. The van der Waals surface area contributed by atoms with Crippen LogP contribution in [0.2, 0.25) is 0 Å². The lowest BCUT2D eigenvalue weighted by Crippen LogP contribution is -2.59. The zero-order chi connectivity index (χ0) is 32.3. The molecule has 2 amide bonds. The van der Waals surface area contributed by atoms with Gasteiger partial charge in [0.05, 0.1) is 34.3 Å². The maximum absolute atomic E-state index is 13.5. The molecule has 1 fully saturated rings. The Hall–Kier alpha value is -4.08. The molecule has 6 atom stereocenters. The van der Waals surface area contributed by atoms with E-state index in [4.69, 9.17) is 25.7 Å². The molecule has 0 bridgehead atoms. The van der Waals surface area contributed by atoms with Gasteiger partial charge < -0.3 is 45.4 Å². The number of hydrogen-bond acceptors (Lipinski definition) is 10. The number of esters is 1. The minimum absolute atomic E-state index is 0. The molecule has 0 spiro atoms. The number of amides is 2. The van der Waals surface area contributed by atoms with Crippen LogP contribution in [0.25, 0.3) is 43.6 Å². The Bertz CT molecular complexity index is 2020. The van der Waals surface area contributed by atoms with Crippen molar-refractivity contribution in [2.24, 2.45) is 11.5 Å². The SMILES string of the molecule is CO[C@H]1[C@H](O)[C@@H](OC(=O)C(N)CCCCN)[C@H](n2c3ccccc3c3c4c(c5c6ccccc6[nH]c5c32)C(=O)NC4=O)O[C@@H]1CO.Cl. The number of carbonyl (C=O) groups excluding carboxylic acids is 3. The first-order valence-electron chi connectivity index (χ1n) is 15.3. The van der Waals surface area contributed by atoms with E-state index in [0.29, 0.717) is 58.5 Å². The molecule has 0 radical (unpaired) electrons. The highest BCUT2D eigenvalue weighted by atomic mass is 35.5. The summed E-state index contributed by atoms with van der Waals surface area (Å²) < 4.78 is 19.7. The molecule has 2 aliphatic heterocycles. The van der Waals surface area contributed by atoms with E-state index in [9.17, 15) is 24.6 Å². The summed E-state index contributed by atoms with van der Waals surface area (Å²) in [5.41, 5.74) is 14.6. The summed E-state index contributed by atoms with van der Waals surface area (Å²) >= 11 is 0. The molecule has 0 saturated carbocycles. The molecule has 14 heteroatoms. The topological polar surface area (TPSA) is 204 Å². The largest absolute Gasteiger partial charge is 0.453 e. The molecule has 3 aromatic carbocycles. The molecule has 2 aliphatic rings. The molecule has 1 unspecified atom stereocenters. The zero-order valence-electron chi connectivity index (χ0n) is 25.5. The van der Waals surface area contributed by atoms with Gasteiger partial charge in [-0.1, -0.05) is 42.8 Å². The van der Waals surface area contributed by atoms with E-state index >= 15 is 0 Å². The quantitative estimate of drug-likeness (QED) is 0.0770. The highest BCUT2D eigenvalue weighted by Crippen LogP contribution is 2.46. The molecule has 5 aromatic rings. The number of halogens is 1. The van der Waals surface area contributed by atoms with Crippen LogP contribution in [0.4, 0.5) is 0 Å². The van der Waals surface area contributed by atoms with Crippen molar-refractivity contribution in [2.75, 3.05) is 20.3 Å². The number of aliphatic hydroxyl groups is 2. The number of aromatic amines is 1. The summed E-state index contributed by atoms with van der Waals surface area (Å²) in [4.78, 5) is 43.6. The average molecular weight is 666 g/mol. The Labute approximate surface area is 274 Å². The maximum Gasteiger partial charge on any atom is 0.323 e. The van der Waals surface area contributed by atoms with Crippen LogP contribution in [0.15, 0.2) is 48.5 Å². The number of hydrogen-bond donors (Lipinski definition) is 6. The van der Waals surface area contributed by atoms with Crippen molar-refractivity contribution in [3.05, 3.63) is 59.7 Å². The Kier molecular flexibility index (Phi) is 8.98. The molecular formula is C33H36ClN5O8. The molecule has 8 N–H and O–H groups in total. The fraction of sp³-hybridized carbons (Fsp3) is 0.364. The van der Waals surface area contributed by atoms with Gasteiger partial charge >= 0.3 is 5.97 Å². The highest BCUT2D eigenvalue weighted by Gasteiger charge is 2.50. The second-order valence-electron chi connectivity index (χ2n) is 11.8. The predicted molar refractivity (Wildman–Crippen MR) is 176 cm³/mol. The molecule has 47 heavy (non-hydrogen) atoms. The van der Waals surface area contributed by atoms with Crippen molar-refractivity contribution in [3.63, 3.8) is 0 Å². The fourth-order valence-corrected chi connectivity index (χ4v) is 7.07. The predicted octanol–water partition coefficient (Wildman–Crippen LogP) is 2.37. The van der Waals surface area contributed by atoms with Crippen molar-refractivity contribution >= 4 is 73.8 Å². The van der Waals surface area contributed by atoms with E-state index in [1.54, 1.807) is 10.6 Å². The Morgan fingerprint density at radius 2 is 1.70 bits per heavy atom. The number of carbonyl (C=O) groups is 3. The van der Waals surface area contributed by atoms with Crippen molar-refractivity contribution in [1.82, 2.24) is 14.9 Å². The lowest BCUT2D eigenvalue weighted by atomic mass is 9.96. The van der Waals surface area contributed by atoms with Gasteiger partial charge in [-0.15, -0.1) is 12.4 Å². The van der Waals surface area contributed by atoms with Crippen LogP contribution in [0, 0.1) is 0 Å². The number of nitrogens with zero attached hydrogens (tertiary/aromatic N) is 1. The number of unbranched alkanes of at least 4 members (excludes halogenated alkanes) is 1. The van der Waals surface area contributed by atoms with Crippen LogP contribution < -0.4 is 16.8 Å². The van der Waals surface area contributed by atoms with Gasteiger partial charge in [-0.2, -0.15) is 0 Å². The van der Waals surface area contributed by atoms with Crippen molar-refractivity contribution in [1.29, 1.82) is 0 Å². The molecule has 7 rings (SSSR count). The van der Waals surface area contributed by atoms with E-state index in [2.05, 4.69) is 10.3 Å². The number of aromatic nitrogens is 2. The van der Waals surface area contributed by atoms with Gasteiger partial charge in [0, 0.05) is 34.2 Å². The van der Waals surface area contributed by atoms with Crippen LogP contribution >= 0.6 is 12.4 Å². The first-order chi connectivity index (χ1) is 22.3. The normalized spacial score (nSPS) is 23.3. The molecule has 248 valence electrons. The van der Waals surface area contributed by atoms with Crippen LogP contribution in [-0.4, -0.2) is 88.3 Å². The molecule has 0 aliphatic carbocycles. The van der Waals surface area contributed by atoms with Crippen molar-refractivity contribution in [2.45, 2.75) is 55.9 Å². The number of methoxy groups -OCH3 is 1. The molecule has 2 aromatic heterocycles. The van der Waals surface area contributed by atoms with Crippen LogP contribution in [0.3, 0.4) is 0 Å². The Morgan fingerprint density at radius 3 is 2.40 bits per heavy atom. The average Bonchev–Trinajstić information content (AvgIpc) is 3.70. The zero-order valence-corrected chi connectivity index (χ0v) is 26.3. The minimum Gasteiger partial charge on any atom is -0.453 e. The van der Waals surface area contributed by atoms with Crippen molar-refractivity contribution < 1.29 is 38.8 Å². The highest BCUT2D eigenvalue weighted by molar-refractivity contribution is 6.39. The summed E-state index contributed by atoms with van der Waals surface area (Å²) in [6, 6.07) is 13.7. The van der Waals surface area contributed by atoms with E-state index in [1.165, 1.54) is 7.11 Å². The first-order valence-corrected chi connectivity index (χ1v) is 15.3. The maximum atomic E-state index is 13.5. The standard InChI is InChI=1S/C33H35N5O8.ClH/c1-44-28-20(14-39)45-32(29(27(28)40)46-33(43)17(35)10-6-7-13-34)38-19-12-5-3-9-16(19)22-24-23(30(41)37-31(24)42)21-15-8-2-4-11-18(15)36-25(21)26(22)38;/h2-5,8-9,11-12,17,20,27-29,32,36,39-40H,6-7,10,13-14,34-35H2,1H3,(H,37,41,42);1H/t17?,20-,27+,28-,29-,32-;/m1./s1. The van der Waals surface area contributed by atoms with Crippen molar-refractivity contribution in [3.8, 4) is 0 Å². The van der Waals surface area contributed by atoms with Gasteiger partial charge in [0.1, 0.15) is 24.4 Å². The second-order valence-corrected chi connectivity index (χ2v) is 11.8. The van der Waals surface area contributed by atoms with E-state index in [1.807, 2.05) is 42.5 Å². The number of fused-ring (bicyclic) bond motifs is 10. The van der Waals surface area contributed by atoms with Gasteiger partial charge in [-0.05, 0) is 31.5 Å². The van der Waals surface area contributed by atoms with E-state index < -0.39 is 61.1 Å². The third-order valence-corrected chi connectivity index (χ3v) is 9.15. The molecule has 13 nitrogen and oxygen atoms in total. The molecule has 1 saturated heterocycles. The summed E-state index contributed by atoms with van der Waals surface area (Å²) in [7, 11) is 1.37. The number of nitrogens with two attached hydrogens (primary N) is 2. The number of benzene rings is 3. The van der Waals surface area contributed by atoms with Crippen LogP contribution in [0.5, 0.6) is 0 Å². The second kappa shape index (κ2) is 12.8. The minimum atomic E-state index is -1.44. The van der Waals surface area contributed by atoms with Gasteiger partial charge in [0.25, 0.3) is 11.8 Å². The summed E-state index contributed by atoms with van der Waals surface area (Å²) in [5.74, 6) is -1.78. The van der Waals surface area contributed by atoms with Gasteiger partial charge in [-0.3, -0.25) is 19.7 Å². The van der Waals surface area contributed by atoms with Gasteiger partial charge in [0.2, 0.25) is 0 Å². The number of imide groups is 1. The van der Waals surface area contributed by atoms with Gasteiger partial charge in [0.15, 0.2) is 12.3 Å². The Morgan fingerprint density at radius 1 is 1.02 bits per heavy atom. The van der Waals surface area contributed by atoms with Crippen LogP contribution in [-0.2, 0) is 19.0 Å². The van der Waals surface area contributed by atoms with E-state index in [0.717, 1.165) is 10.9 Å². The number of H-pyrrole nitrogens is 1. The summed E-state index contributed by atoms with van der Waals surface area (Å²) in [6.07, 6.45) is -4.41. The van der Waals surface area contributed by atoms with E-state index in [-0.39, 0.29) is 23.5 Å². The summed E-state index contributed by atoms with van der Waals surface area (Å²) in [6.45, 7) is -0.0447. The number of rotatable bonds is 9. The lowest BCUT2D eigenvalue weighted by Gasteiger charge is -2.44. The van der Waals surface area contributed by atoms with Gasteiger partial charge in [-0.25, -0.2) is 0 Å². The first kappa shape index (κ1) is 32.8. The fourth-order valence-electron chi connectivity index (χ4n) is 7.07. The lowest BCUT2D eigenvalue weighted by molar-refractivity contribution is -0.262. The smallest absolute Gasteiger partial charge is 0.323 e. The third kappa shape index (κ3) is 5.06. The number of para-hydroxylation sites is 2. The summed E-state index contributed by atoms with van der Waals surface area (Å²) in [5, 5.41) is 26.9. The molecular weight excluding hydrogens is 630 g/mol. The third-order valence-electron chi connectivity index (χ3n) is 9.15. The van der Waals surface area contributed by atoms with Crippen LogP contribution in [0.1, 0.15) is 46.2 Å². The molecule has 4 heterocycles. The Balaban J connectivity index is 0.00000386. The number of nitrogens with one attached hydrogen (secondary N) is 2.